The number of anilines is 1. The van der Waals surface area contributed by atoms with Gasteiger partial charge < -0.3 is 5.32 Å². The number of amides is 1. The maximum absolute atomic E-state index is 13.2. The average Bonchev–Trinajstić information content (AvgIpc) is 3.18. The number of aryl methyl sites for hydroxylation is 4. The summed E-state index contributed by atoms with van der Waals surface area (Å²) in [5, 5.41) is 5.39. The number of aromatic nitrogens is 2. The standard InChI is InChI=1S/C24H23N3O2S2/c1-14-6-5-7-18(12-14)27-23(29)22-19(8-9-30-22)25-24(27)31-13-20(28)26-21-16(3)10-15(2)11-17(21)4/h5-12H,13H2,1-4H3,(H,26,28). The van der Waals surface area contributed by atoms with Crippen molar-refractivity contribution in [2.75, 3.05) is 11.1 Å². The Morgan fingerprint density at radius 2 is 1.81 bits per heavy atom. The Balaban J connectivity index is 1.65. The fraction of sp³-hybridized carbons (Fsp3) is 0.208. The molecule has 0 radical (unpaired) electrons. The smallest absolute Gasteiger partial charge is 0.276 e. The van der Waals surface area contributed by atoms with Gasteiger partial charge in [0, 0.05) is 5.69 Å². The van der Waals surface area contributed by atoms with E-state index in [9.17, 15) is 9.59 Å². The van der Waals surface area contributed by atoms with E-state index in [1.54, 1.807) is 4.57 Å². The summed E-state index contributed by atoms with van der Waals surface area (Å²) in [5.74, 6) is 0.0243. The highest BCUT2D eigenvalue weighted by atomic mass is 32.2. The minimum absolute atomic E-state index is 0.112. The number of benzene rings is 2. The van der Waals surface area contributed by atoms with Gasteiger partial charge >= 0.3 is 0 Å². The Morgan fingerprint density at radius 1 is 1.06 bits per heavy atom. The van der Waals surface area contributed by atoms with E-state index in [-0.39, 0.29) is 17.2 Å². The first kappa shape index (κ1) is 21.3. The van der Waals surface area contributed by atoms with Gasteiger partial charge in [0.05, 0.1) is 17.0 Å². The molecule has 31 heavy (non-hydrogen) atoms. The van der Waals surface area contributed by atoms with Gasteiger partial charge in [-0.3, -0.25) is 14.2 Å². The third-order valence-corrected chi connectivity index (χ3v) is 6.81. The molecule has 4 aromatic rings. The maximum atomic E-state index is 13.2. The van der Waals surface area contributed by atoms with Crippen LogP contribution in [0.1, 0.15) is 22.3 Å². The molecule has 2 aromatic carbocycles. The van der Waals surface area contributed by atoms with Gasteiger partial charge in [-0.05, 0) is 68.0 Å². The molecule has 0 aliphatic carbocycles. The van der Waals surface area contributed by atoms with E-state index in [0.29, 0.717) is 15.4 Å². The summed E-state index contributed by atoms with van der Waals surface area (Å²) in [4.78, 5) is 30.6. The molecule has 0 spiro atoms. The summed E-state index contributed by atoms with van der Waals surface area (Å²) in [6.45, 7) is 8.00. The van der Waals surface area contributed by atoms with Gasteiger partial charge in [-0.25, -0.2) is 4.98 Å². The normalized spacial score (nSPS) is 11.1. The second-order valence-corrected chi connectivity index (χ2v) is 9.48. The molecule has 0 unspecified atom stereocenters. The predicted octanol–water partition coefficient (Wildman–Crippen LogP) is 5.41. The van der Waals surface area contributed by atoms with Crippen LogP contribution in [0, 0.1) is 27.7 Å². The highest BCUT2D eigenvalue weighted by Crippen LogP contribution is 2.26. The van der Waals surface area contributed by atoms with Gasteiger partial charge in [0.25, 0.3) is 5.56 Å². The highest BCUT2D eigenvalue weighted by Gasteiger charge is 2.16. The molecule has 158 valence electrons. The second kappa shape index (κ2) is 8.69. The van der Waals surface area contributed by atoms with E-state index < -0.39 is 0 Å². The molecule has 4 rings (SSSR count). The van der Waals surface area contributed by atoms with Crippen LogP contribution in [0.3, 0.4) is 0 Å². The molecule has 2 aromatic heterocycles. The van der Waals surface area contributed by atoms with Gasteiger partial charge in [-0.15, -0.1) is 11.3 Å². The lowest BCUT2D eigenvalue weighted by Gasteiger charge is -2.14. The van der Waals surface area contributed by atoms with Crippen LogP contribution in [0.15, 0.2) is 57.8 Å². The molecule has 0 aliphatic rings. The first-order valence-electron chi connectivity index (χ1n) is 9.91. The van der Waals surface area contributed by atoms with Crippen LogP contribution in [0.4, 0.5) is 5.69 Å². The zero-order valence-corrected chi connectivity index (χ0v) is 19.5. The van der Waals surface area contributed by atoms with Gasteiger partial charge in [-0.1, -0.05) is 41.6 Å². The maximum Gasteiger partial charge on any atom is 0.276 e. The monoisotopic (exact) mass is 449 g/mol. The summed E-state index contributed by atoms with van der Waals surface area (Å²) in [7, 11) is 0. The van der Waals surface area contributed by atoms with E-state index in [2.05, 4.69) is 22.4 Å². The van der Waals surface area contributed by atoms with Gasteiger partial charge in [-0.2, -0.15) is 0 Å². The number of thioether (sulfide) groups is 1. The molecule has 0 atom stereocenters. The third kappa shape index (κ3) is 4.43. The van der Waals surface area contributed by atoms with Crippen molar-refractivity contribution >= 4 is 44.9 Å². The van der Waals surface area contributed by atoms with Crippen molar-refractivity contribution in [1.29, 1.82) is 0 Å². The molecule has 7 heteroatoms. The molecular weight excluding hydrogens is 426 g/mol. The lowest BCUT2D eigenvalue weighted by molar-refractivity contribution is -0.113. The summed E-state index contributed by atoms with van der Waals surface area (Å²) >= 11 is 2.65. The zero-order valence-electron chi connectivity index (χ0n) is 17.9. The van der Waals surface area contributed by atoms with Crippen molar-refractivity contribution in [2.24, 2.45) is 0 Å². The number of nitrogens with one attached hydrogen (secondary N) is 1. The Morgan fingerprint density at radius 3 is 2.52 bits per heavy atom. The molecule has 0 bridgehead atoms. The molecule has 5 nitrogen and oxygen atoms in total. The number of carbonyl (C=O) groups is 1. The van der Waals surface area contributed by atoms with Crippen molar-refractivity contribution in [1.82, 2.24) is 9.55 Å². The Bertz CT molecular complexity index is 1330. The Labute approximate surface area is 189 Å². The number of hydrogen-bond acceptors (Lipinski definition) is 5. The van der Waals surface area contributed by atoms with E-state index in [1.807, 2.05) is 63.4 Å². The number of hydrogen-bond donors (Lipinski definition) is 1. The van der Waals surface area contributed by atoms with Crippen molar-refractivity contribution in [3.8, 4) is 5.69 Å². The number of nitrogens with zero attached hydrogens (tertiary/aromatic N) is 2. The van der Waals surface area contributed by atoms with Crippen molar-refractivity contribution in [2.45, 2.75) is 32.9 Å². The number of rotatable bonds is 5. The fourth-order valence-corrected chi connectivity index (χ4v) is 5.24. The van der Waals surface area contributed by atoms with Crippen molar-refractivity contribution in [3.63, 3.8) is 0 Å². The quantitative estimate of drug-likeness (QED) is 0.327. The largest absolute Gasteiger partial charge is 0.325 e. The van der Waals surface area contributed by atoms with Crippen molar-refractivity contribution in [3.05, 3.63) is 80.5 Å². The second-order valence-electron chi connectivity index (χ2n) is 7.62. The zero-order chi connectivity index (χ0) is 22.1. The van der Waals surface area contributed by atoms with Crippen LogP contribution in [-0.2, 0) is 4.79 Å². The van der Waals surface area contributed by atoms with Gasteiger partial charge in [0.1, 0.15) is 4.70 Å². The summed E-state index contributed by atoms with van der Waals surface area (Å²) in [5.41, 5.74) is 6.42. The van der Waals surface area contributed by atoms with E-state index in [4.69, 9.17) is 0 Å². The third-order valence-electron chi connectivity index (χ3n) is 4.98. The van der Waals surface area contributed by atoms with E-state index in [0.717, 1.165) is 33.6 Å². The number of carbonyl (C=O) groups excluding carboxylic acids is 1. The fourth-order valence-electron chi connectivity index (χ4n) is 3.67. The van der Waals surface area contributed by atoms with Crippen LogP contribution in [-0.4, -0.2) is 21.2 Å². The number of thiophene rings is 1. The van der Waals surface area contributed by atoms with Crippen LogP contribution >= 0.6 is 23.1 Å². The van der Waals surface area contributed by atoms with Crippen LogP contribution < -0.4 is 10.9 Å². The van der Waals surface area contributed by atoms with E-state index in [1.165, 1.54) is 23.1 Å². The molecule has 0 saturated carbocycles. The van der Waals surface area contributed by atoms with Crippen LogP contribution in [0.25, 0.3) is 15.9 Å². The van der Waals surface area contributed by atoms with Gasteiger partial charge in [0.2, 0.25) is 5.91 Å². The summed E-state index contributed by atoms with van der Waals surface area (Å²) in [6.07, 6.45) is 0. The number of fused-ring (bicyclic) bond motifs is 1. The lowest BCUT2D eigenvalue weighted by Crippen LogP contribution is -2.22. The van der Waals surface area contributed by atoms with E-state index >= 15 is 0 Å². The highest BCUT2D eigenvalue weighted by molar-refractivity contribution is 7.99. The van der Waals surface area contributed by atoms with Gasteiger partial charge in [0.15, 0.2) is 5.16 Å². The molecule has 1 amide bonds. The predicted molar refractivity (Wildman–Crippen MR) is 130 cm³/mol. The first-order valence-corrected chi connectivity index (χ1v) is 11.8. The van der Waals surface area contributed by atoms with Crippen LogP contribution in [0.5, 0.6) is 0 Å². The lowest BCUT2D eigenvalue weighted by atomic mass is 10.1. The minimum atomic E-state index is -0.129. The molecule has 1 N–H and O–H groups in total. The van der Waals surface area contributed by atoms with Crippen molar-refractivity contribution < 1.29 is 4.79 Å². The average molecular weight is 450 g/mol. The first-order chi connectivity index (χ1) is 14.8. The molecule has 0 aliphatic heterocycles. The summed E-state index contributed by atoms with van der Waals surface area (Å²) < 4.78 is 2.22. The molecule has 0 saturated heterocycles. The molecule has 0 fully saturated rings. The SMILES string of the molecule is Cc1cccc(-n2c(SCC(=O)Nc3c(C)cc(C)cc3C)nc3ccsc3c2=O)c1. The summed E-state index contributed by atoms with van der Waals surface area (Å²) in [6, 6.07) is 13.7. The Hall–Kier alpha value is -2.90. The minimum Gasteiger partial charge on any atom is -0.325 e. The Kier molecular flexibility index (Phi) is 5.98. The molecular formula is C24H23N3O2S2. The van der Waals surface area contributed by atoms with Crippen LogP contribution in [0.2, 0.25) is 0 Å². The topological polar surface area (TPSA) is 64.0 Å². The molecule has 2 heterocycles.